The van der Waals surface area contributed by atoms with Crippen molar-refractivity contribution in [2.45, 2.75) is 26.8 Å². The number of hydrogen-bond acceptors (Lipinski definition) is 5. The van der Waals surface area contributed by atoms with Crippen LogP contribution in [0.3, 0.4) is 0 Å². The van der Waals surface area contributed by atoms with Gasteiger partial charge >= 0.3 is 5.97 Å². The summed E-state index contributed by atoms with van der Waals surface area (Å²) in [4.78, 5) is 20.9. The van der Waals surface area contributed by atoms with Crippen LogP contribution in [0.25, 0.3) is 22.0 Å². The Hall–Kier alpha value is -3.93. The van der Waals surface area contributed by atoms with Crippen molar-refractivity contribution in [1.29, 1.82) is 0 Å². The van der Waals surface area contributed by atoms with Gasteiger partial charge in [0.1, 0.15) is 5.82 Å². The Balaban J connectivity index is 1.52. The maximum atomic E-state index is 11.5. The minimum atomic E-state index is -0.926. The molecule has 33 heavy (non-hydrogen) atoms. The first-order valence-electron chi connectivity index (χ1n) is 11.2. The molecule has 1 heterocycles. The van der Waals surface area contributed by atoms with E-state index in [0.717, 1.165) is 40.8 Å². The first-order chi connectivity index (χ1) is 16.0. The summed E-state index contributed by atoms with van der Waals surface area (Å²) in [6.45, 7) is 5.81. The molecular weight excluding hydrogens is 412 g/mol. The molecule has 0 spiro atoms. The number of aromatic nitrogens is 2. The topological polar surface area (TPSA) is 87.1 Å². The van der Waals surface area contributed by atoms with Crippen molar-refractivity contribution >= 4 is 28.6 Å². The van der Waals surface area contributed by atoms with Crippen LogP contribution in [-0.2, 0) is 6.54 Å². The Bertz CT molecular complexity index is 1250. The summed E-state index contributed by atoms with van der Waals surface area (Å²) in [5, 5.41) is 17.2. The predicted molar refractivity (Wildman–Crippen MR) is 134 cm³/mol. The van der Waals surface area contributed by atoms with Crippen molar-refractivity contribution in [3.05, 3.63) is 83.9 Å². The summed E-state index contributed by atoms with van der Waals surface area (Å²) in [6, 6.07) is 22.9. The molecule has 0 saturated carbocycles. The van der Waals surface area contributed by atoms with Crippen molar-refractivity contribution in [3.8, 4) is 11.1 Å². The third kappa shape index (κ3) is 5.47. The summed E-state index contributed by atoms with van der Waals surface area (Å²) >= 11 is 0. The van der Waals surface area contributed by atoms with E-state index in [1.165, 1.54) is 0 Å². The summed E-state index contributed by atoms with van der Waals surface area (Å²) in [5.41, 5.74) is 3.85. The number of nitrogens with zero attached hydrogens (tertiary/aromatic N) is 2. The van der Waals surface area contributed by atoms with Crippen LogP contribution in [0.5, 0.6) is 0 Å². The van der Waals surface area contributed by atoms with E-state index in [1.807, 2.05) is 60.7 Å². The number of nitrogens with one attached hydrogen (secondary N) is 2. The maximum Gasteiger partial charge on any atom is 0.336 e. The molecule has 3 N–H and O–H groups in total. The lowest BCUT2D eigenvalue weighted by Gasteiger charge is -2.13. The maximum absolute atomic E-state index is 11.5. The fraction of sp³-hybridized carbons (Fsp3) is 0.222. The van der Waals surface area contributed by atoms with E-state index in [1.54, 1.807) is 12.1 Å². The molecule has 6 nitrogen and oxygen atoms in total. The van der Waals surface area contributed by atoms with E-state index in [4.69, 9.17) is 4.98 Å². The van der Waals surface area contributed by atoms with Gasteiger partial charge in [-0.2, -0.15) is 4.98 Å². The lowest BCUT2D eigenvalue weighted by Crippen LogP contribution is -2.10. The zero-order chi connectivity index (χ0) is 23.2. The molecule has 4 aromatic rings. The van der Waals surface area contributed by atoms with E-state index in [-0.39, 0.29) is 0 Å². The molecule has 0 aliphatic carbocycles. The van der Waals surface area contributed by atoms with Gasteiger partial charge in [0.2, 0.25) is 5.95 Å². The minimum absolute atomic E-state index is 0.299. The van der Waals surface area contributed by atoms with Crippen LogP contribution in [0.1, 0.15) is 36.2 Å². The van der Waals surface area contributed by atoms with Gasteiger partial charge in [0.25, 0.3) is 0 Å². The smallest absolute Gasteiger partial charge is 0.336 e. The Labute approximate surface area is 193 Å². The number of fused-ring (bicyclic) bond motifs is 1. The molecule has 168 valence electrons. The largest absolute Gasteiger partial charge is 0.478 e. The van der Waals surface area contributed by atoms with Gasteiger partial charge in [-0.1, -0.05) is 68.4 Å². The van der Waals surface area contributed by atoms with E-state index >= 15 is 0 Å². The molecule has 0 fully saturated rings. The predicted octanol–water partition coefficient (Wildman–Crippen LogP) is 6.07. The van der Waals surface area contributed by atoms with Gasteiger partial charge in [0, 0.05) is 18.5 Å². The third-order valence-electron chi connectivity index (χ3n) is 5.49. The van der Waals surface area contributed by atoms with Crippen LogP contribution in [0.15, 0.2) is 72.8 Å². The molecule has 6 heteroatoms. The normalized spacial score (nSPS) is 11.0. The Morgan fingerprint density at radius 1 is 0.909 bits per heavy atom. The molecule has 0 aliphatic heterocycles. The molecule has 0 radical (unpaired) electrons. The van der Waals surface area contributed by atoms with Crippen LogP contribution in [0, 0.1) is 5.92 Å². The fourth-order valence-electron chi connectivity index (χ4n) is 3.67. The van der Waals surface area contributed by atoms with Gasteiger partial charge in [-0.15, -0.1) is 0 Å². The average Bonchev–Trinajstić information content (AvgIpc) is 2.82. The number of hydrogen-bond donors (Lipinski definition) is 3. The minimum Gasteiger partial charge on any atom is -0.478 e. The molecule has 4 rings (SSSR count). The zero-order valence-electron chi connectivity index (χ0n) is 18.9. The number of aromatic carboxylic acids is 1. The fourth-order valence-corrected chi connectivity index (χ4v) is 3.67. The quantitative estimate of drug-likeness (QED) is 0.293. The van der Waals surface area contributed by atoms with Gasteiger partial charge in [0.15, 0.2) is 0 Å². The van der Waals surface area contributed by atoms with Crippen molar-refractivity contribution < 1.29 is 9.90 Å². The van der Waals surface area contributed by atoms with Crippen LogP contribution < -0.4 is 10.6 Å². The monoisotopic (exact) mass is 440 g/mol. The van der Waals surface area contributed by atoms with Crippen LogP contribution in [0.2, 0.25) is 0 Å². The highest BCUT2D eigenvalue weighted by Crippen LogP contribution is 2.25. The van der Waals surface area contributed by atoms with Crippen molar-refractivity contribution in [2.75, 3.05) is 17.2 Å². The number of carboxylic acid groups (broad SMARTS) is 1. The van der Waals surface area contributed by atoms with Gasteiger partial charge in [-0.05, 0) is 47.2 Å². The second-order valence-corrected chi connectivity index (χ2v) is 8.42. The lowest BCUT2D eigenvalue weighted by molar-refractivity contribution is 0.0697. The number of carboxylic acids is 1. The highest BCUT2D eigenvalue weighted by atomic mass is 16.4. The first-order valence-corrected chi connectivity index (χ1v) is 11.2. The van der Waals surface area contributed by atoms with Gasteiger partial charge in [-0.3, -0.25) is 0 Å². The molecule has 0 unspecified atom stereocenters. The molecule has 0 amide bonds. The molecule has 0 bridgehead atoms. The SMILES string of the molecule is CC(C)CCNc1nc(NCc2ccc(-c3ccccc3C(=O)O)cc2)c2ccccc2n1. The molecule has 0 saturated heterocycles. The second kappa shape index (κ2) is 10.1. The summed E-state index contributed by atoms with van der Waals surface area (Å²) < 4.78 is 0. The Morgan fingerprint density at radius 3 is 2.39 bits per heavy atom. The van der Waals surface area contributed by atoms with Gasteiger partial charge in [0.05, 0.1) is 11.1 Å². The molecular formula is C27H28N4O2. The van der Waals surface area contributed by atoms with Crippen molar-refractivity contribution in [3.63, 3.8) is 0 Å². The van der Waals surface area contributed by atoms with Gasteiger partial charge in [-0.25, -0.2) is 9.78 Å². The summed E-state index contributed by atoms with van der Waals surface area (Å²) in [5.74, 6) is 1.09. The highest BCUT2D eigenvalue weighted by molar-refractivity contribution is 5.96. The molecule has 1 aromatic heterocycles. The summed E-state index contributed by atoms with van der Waals surface area (Å²) in [6.07, 6.45) is 1.05. The van der Waals surface area contributed by atoms with Crippen molar-refractivity contribution in [2.24, 2.45) is 5.92 Å². The van der Waals surface area contributed by atoms with E-state index in [9.17, 15) is 9.90 Å². The lowest BCUT2D eigenvalue weighted by atomic mass is 9.99. The first kappa shape index (κ1) is 22.3. The third-order valence-corrected chi connectivity index (χ3v) is 5.49. The number of para-hydroxylation sites is 1. The van der Waals surface area contributed by atoms with Crippen molar-refractivity contribution in [1.82, 2.24) is 9.97 Å². The highest BCUT2D eigenvalue weighted by Gasteiger charge is 2.11. The van der Waals surface area contributed by atoms with Crippen LogP contribution >= 0.6 is 0 Å². The summed E-state index contributed by atoms with van der Waals surface area (Å²) in [7, 11) is 0. The van der Waals surface area contributed by atoms with E-state index in [0.29, 0.717) is 29.5 Å². The average molecular weight is 441 g/mol. The number of rotatable bonds is 9. The standard InChI is InChI=1S/C27H28N4O2/c1-18(2)15-16-28-27-30-24-10-6-5-9-23(24)25(31-27)29-17-19-11-13-20(14-12-19)21-7-3-4-8-22(21)26(32)33/h3-14,18H,15-17H2,1-2H3,(H,32,33)(H2,28,29,30,31). The molecule has 0 atom stereocenters. The van der Waals surface area contributed by atoms with Gasteiger partial charge < -0.3 is 15.7 Å². The second-order valence-electron chi connectivity index (χ2n) is 8.42. The van der Waals surface area contributed by atoms with Crippen LogP contribution in [-0.4, -0.2) is 27.6 Å². The van der Waals surface area contributed by atoms with E-state index < -0.39 is 5.97 Å². The van der Waals surface area contributed by atoms with Crippen LogP contribution in [0.4, 0.5) is 11.8 Å². The Morgan fingerprint density at radius 2 is 1.64 bits per heavy atom. The zero-order valence-corrected chi connectivity index (χ0v) is 18.9. The van der Waals surface area contributed by atoms with E-state index in [2.05, 4.69) is 29.5 Å². The Kier molecular flexibility index (Phi) is 6.83. The molecule has 3 aromatic carbocycles. The number of benzene rings is 3. The number of anilines is 2. The molecule has 0 aliphatic rings. The number of carbonyl (C=O) groups is 1.